The summed E-state index contributed by atoms with van der Waals surface area (Å²) in [5.41, 5.74) is 5.60. The van der Waals surface area contributed by atoms with Crippen molar-refractivity contribution in [3.63, 3.8) is 0 Å². The Labute approximate surface area is 167 Å². The first-order chi connectivity index (χ1) is 11.9. The average molecular weight is 461 g/mol. The summed E-state index contributed by atoms with van der Waals surface area (Å²) in [5, 5.41) is 2.45. The molecule has 140 valence electrons. The molecule has 10 nitrogen and oxygen atoms in total. The first-order valence-corrected chi connectivity index (χ1v) is 9.40. The Bertz CT molecular complexity index is 918. The van der Waals surface area contributed by atoms with Crippen LogP contribution in [0.3, 0.4) is 0 Å². The molecule has 0 fully saturated rings. The van der Waals surface area contributed by atoms with E-state index >= 15 is 0 Å². The fraction of sp³-hybridized carbons (Fsp3) is 0.0909. The van der Waals surface area contributed by atoms with E-state index in [9.17, 15) is 13.2 Å². The summed E-state index contributed by atoms with van der Waals surface area (Å²) in [6, 6.07) is 4.54. The van der Waals surface area contributed by atoms with Crippen LogP contribution in [0.25, 0.3) is 0 Å². The Morgan fingerprint density at radius 2 is 1.69 bits per heavy atom. The largest absolute Gasteiger partial charge is 0.368 e. The maximum Gasteiger partial charge on any atom is 0.336 e. The van der Waals surface area contributed by atoms with Gasteiger partial charge in [-0.1, -0.05) is 46.4 Å². The molecular weight excluding hydrogens is 452 g/mol. The van der Waals surface area contributed by atoms with E-state index in [1.54, 1.807) is 4.72 Å². The number of nitrogen functional groups attached to an aromatic ring is 1. The number of urea groups is 1. The number of benzene rings is 1. The highest BCUT2D eigenvalue weighted by Crippen LogP contribution is 2.36. The van der Waals surface area contributed by atoms with E-state index in [2.05, 4.69) is 19.7 Å². The number of hydrogen-bond acceptors (Lipinski definition) is 7. The van der Waals surface area contributed by atoms with Crippen molar-refractivity contribution in [2.75, 3.05) is 15.8 Å². The van der Waals surface area contributed by atoms with Gasteiger partial charge in [-0.2, -0.15) is 23.4 Å². The van der Waals surface area contributed by atoms with Crippen molar-refractivity contribution < 1.29 is 13.2 Å². The Hall–Kier alpha value is -1.79. The Kier molecular flexibility index (Phi) is 6.19. The average Bonchev–Trinajstić information content (AvgIpc) is 2.47. The van der Waals surface area contributed by atoms with Gasteiger partial charge in [-0.15, -0.1) is 0 Å². The van der Waals surface area contributed by atoms with Crippen molar-refractivity contribution in [3.05, 3.63) is 35.1 Å². The van der Waals surface area contributed by atoms with Crippen LogP contribution in [0, 0.1) is 0 Å². The number of nitrogens with one attached hydrogen (secondary N) is 3. The second-order valence-corrected chi connectivity index (χ2v) is 8.64. The van der Waals surface area contributed by atoms with Crippen LogP contribution in [-0.2, 0) is 14.0 Å². The van der Waals surface area contributed by atoms with E-state index in [1.807, 2.05) is 5.32 Å². The van der Waals surface area contributed by atoms with Crippen molar-refractivity contribution >= 4 is 80.2 Å². The van der Waals surface area contributed by atoms with Crippen LogP contribution >= 0.6 is 46.4 Å². The predicted molar refractivity (Wildman–Crippen MR) is 99.6 cm³/mol. The zero-order valence-corrected chi connectivity index (χ0v) is 16.2. The monoisotopic (exact) mass is 459 g/mol. The van der Waals surface area contributed by atoms with E-state index in [-0.39, 0.29) is 17.5 Å². The van der Waals surface area contributed by atoms with Crippen molar-refractivity contribution in [2.24, 2.45) is 0 Å². The summed E-state index contributed by atoms with van der Waals surface area (Å²) in [4.78, 5) is 22.7. The molecule has 1 aromatic carbocycles. The van der Waals surface area contributed by atoms with Crippen LogP contribution in [0.2, 0.25) is 5.02 Å². The van der Waals surface area contributed by atoms with Gasteiger partial charge in [-0.25, -0.2) is 9.52 Å². The van der Waals surface area contributed by atoms with E-state index in [1.165, 1.54) is 24.3 Å². The molecule has 0 saturated heterocycles. The first-order valence-electron chi connectivity index (χ1n) is 6.40. The van der Waals surface area contributed by atoms with Crippen LogP contribution in [0.4, 0.5) is 22.4 Å². The summed E-state index contributed by atoms with van der Waals surface area (Å²) in [7, 11) is -4.25. The van der Waals surface area contributed by atoms with Gasteiger partial charge in [0, 0.05) is 5.02 Å². The molecule has 1 aromatic heterocycles. The first kappa shape index (κ1) is 20.5. The second-order valence-electron chi connectivity index (χ2n) is 4.51. The highest BCUT2D eigenvalue weighted by molar-refractivity contribution is 7.91. The summed E-state index contributed by atoms with van der Waals surface area (Å²) in [6.07, 6.45) is 0. The van der Waals surface area contributed by atoms with Crippen LogP contribution in [-0.4, -0.2) is 29.4 Å². The number of rotatable bonds is 4. The third-order valence-corrected chi connectivity index (χ3v) is 4.17. The van der Waals surface area contributed by atoms with Crippen LogP contribution in [0.1, 0.15) is 5.82 Å². The van der Waals surface area contributed by atoms with E-state index < -0.39 is 26.0 Å². The summed E-state index contributed by atoms with van der Waals surface area (Å²) in [6.45, 7) is 0. The highest BCUT2D eigenvalue weighted by Gasteiger charge is 2.28. The molecule has 0 aliphatic rings. The summed E-state index contributed by atoms with van der Waals surface area (Å²) < 4.78 is 25.6. The molecule has 2 rings (SSSR count). The molecule has 5 N–H and O–H groups in total. The normalized spacial score (nSPS) is 11.7. The van der Waals surface area contributed by atoms with Crippen molar-refractivity contribution in [2.45, 2.75) is 3.79 Å². The number of aromatic nitrogens is 3. The standard InChI is InChI=1S/C11H9Cl4N7O3S/c12-5-1-3-6(4-2-5)21-26(24,25)22-10(23)20-9-18-7(11(13,14)15)17-8(16)19-9/h1-4,21H,(H4,16,17,18,19,20,22,23). The minimum absolute atomic E-state index is 0.178. The molecule has 26 heavy (non-hydrogen) atoms. The molecule has 0 spiro atoms. The van der Waals surface area contributed by atoms with Crippen molar-refractivity contribution in [1.82, 2.24) is 19.7 Å². The van der Waals surface area contributed by atoms with Crippen LogP contribution < -0.4 is 20.5 Å². The molecule has 2 aromatic rings. The van der Waals surface area contributed by atoms with Gasteiger partial charge in [0.05, 0.1) is 5.69 Å². The highest BCUT2D eigenvalue weighted by atomic mass is 35.6. The number of carbonyl (C=O) groups excluding carboxylic acids is 1. The number of anilines is 3. The summed E-state index contributed by atoms with van der Waals surface area (Å²) in [5.74, 6) is -1.12. The SMILES string of the molecule is Nc1nc(NC(=O)NS(=O)(=O)Nc2ccc(Cl)cc2)nc(C(Cl)(Cl)Cl)n1. The lowest BCUT2D eigenvalue weighted by Crippen LogP contribution is -2.38. The number of nitrogens with two attached hydrogens (primary N) is 1. The van der Waals surface area contributed by atoms with Gasteiger partial charge in [0.25, 0.3) is 0 Å². The van der Waals surface area contributed by atoms with E-state index in [0.717, 1.165) is 0 Å². The van der Waals surface area contributed by atoms with E-state index in [4.69, 9.17) is 52.1 Å². The Morgan fingerprint density at radius 3 is 2.27 bits per heavy atom. The van der Waals surface area contributed by atoms with Gasteiger partial charge in [-0.05, 0) is 24.3 Å². The van der Waals surface area contributed by atoms with Crippen molar-refractivity contribution in [3.8, 4) is 0 Å². The fourth-order valence-electron chi connectivity index (χ4n) is 1.52. The van der Waals surface area contributed by atoms with Gasteiger partial charge in [-0.3, -0.25) is 10.0 Å². The Morgan fingerprint density at radius 1 is 1.08 bits per heavy atom. The maximum atomic E-state index is 11.9. The molecule has 0 aliphatic heterocycles. The van der Waals surface area contributed by atoms with E-state index in [0.29, 0.717) is 5.02 Å². The molecule has 0 atom stereocenters. The third kappa shape index (κ3) is 6.18. The molecule has 0 radical (unpaired) electrons. The molecule has 0 aliphatic carbocycles. The molecule has 1 heterocycles. The quantitative estimate of drug-likeness (QED) is 0.511. The zero-order chi connectivity index (χ0) is 19.5. The van der Waals surface area contributed by atoms with Gasteiger partial charge in [0.2, 0.25) is 15.7 Å². The number of carbonyl (C=O) groups is 1. The van der Waals surface area contributed by atoms with Gasteiger partial charge in [0.15, 0.2) is 5.82 Å². The van der Waals surface area contributed by atoms with Crippen LogP contribution in [0.5, 0.6) is 0 Å². The molecule has 0 unspecified atom stereocenters. The molecule has 2 amide bonds. The number of alkyl halides is 3. The van der Waals surface area contributed by atoms with Gasteiger partial charge >= 0.3 is 16.2 Å². The Balaban J connectivity index is 2.08. The number of hydrogen-bond donors (Lipinski definition) is 4. The lowest BCUT2D eigenvalue weighted by molar-refractivity contribution is 0.256. The molecular formula is C11H9Cl4N7O3S. The van der Waals surface area contributed by atoms with Crippen LogP contribution in [0.15, 0.2) is 24.3 Å². The summed E-state index contributed by atoms with van der Waals surface area (Å²) >= 11 is 22.6. The molecule has 0 saturated carbocycles. The lowest BCUT2D eigenvalue weighted by atomic mass is 10.3. The zero-order valence-electron chi connectivity index (χ0n) is 12.4. The number of nitrogens with zero attached hydrogens (tertiary/aromatic N) is 3. The second kappa shape index (κ2) is 7.84. The number of halogens is 4. The molecule has 0 bridgehead atoms. The fourth-order valence-corrected chi connectivity index (χ4v) is 2.69. The van der Waals surface area contributed by atoms with Gasteiger partial charge in [0.1, 0.15) is 0 Å². The van der Waals surface area contributed by atoms with Gasteiger partial charge < -0.3 is 5.73 Å². The lowest BCUT2D eigenvalue weighted by Gasteiger charge is -2.12. The minimum atomic E-state index is -4.25. The minimum Gasteiger partial charge on any atom is -0.368 e. The number of amides is 2. The van der Waals surface area contributed by atoms with Crippen molar-refractivity contribution in [1.29, 1.82) is 0 Å². The predicted octanol–water partition coefficient (Wildman–Crippen LogP) is 2.41. The molecule has 15 heteroatoms. The topological polar surface area (TPSA) is 152 Å². The maximum absolute atomic E-state index is 11.9. The third-order valence-electron chi connectivity index (χ3n) is 2.46. The smallest absolute Gasteiger partial charge is 0.336 e.